The van der Waals surface area contributed by atoms with Crippen LogP contribution in [0.15, 0.2) is 84.1 Å². The summed E-state index contributed by atoms with van der Waals surface area (Å²) in [6, 6.07) is 24.4. The first-order valence-electron chi connectivity index (χ1n) is 10.3. The summed E-state index contributed by atoms with van der Waals surface area (Å²) in [6.07, 6.45) is 3.52. The third kappa shape index (κ3) is 5.35. The third-order valence-corrected chi connectivity index (χ3v) is 5.06. The van der Waals surface area contributed by atoms with E-state index < -0.39 is 12.6 Å². The monoisotopic (exact) mass is 428 g/mol. The van der Waals surface area contributed by atoms with Gasteiger partial charge in [-0.15, -0.1) is 0 Å². The number of fused-ring (bicyclic) bond motifs is 1. The van der Waals surface area contributed by atoms with Crippen molar-refractivity contribution in [2.45, 2.75) is 20.1 Å². The first-order chi connectivity index (χ1) is 15.6. The average molecular weight is 428 g/mol. The number of ether oxygens (including phenoxy) is 1. The number of rotatable bonds is 9. The molecule has 0 spiro atoms. The van der Waals surface area contributed by atoms with Crippen LogP contribution in [0.3, 0.4) is 0 Å². The van der Waals surface area contributed by atoms with E-state index in [-0.39, 0.29) is 0 Å². The fourth-order valence-electron chi connectivity index (χ4n) is 3.44. The fraction of sp³-hybridized carbons (Fsp3) is 0.154. The minimum Gasteiger partial charge on any atom is -0.489 e. The van der Waals surface area contributed by atoms with Crippen molar-refractivity contribution < 1.29 is 19.5 Å². The van der Waals surface area contributed by atoms with E-state index in [1.165, 1.54) is 17.3 Å². The number of aromatic nitrogens is 1. The molecule has 0 bridgehead atoms. The summed E-state index contributed by atoms with van der Waals surface area (Å²) in [5, 5.41) is 13.5. The molecule has 0 unspecified atom stereocenters. The number of hydrogen-bond acceptors (Lipinski definition) is 4. The number of aliphatic carboxylic acids is 1. The number of nitrogens with zero attached hydrogens (tertiary/aromatic N) is 2. The van der Waals surface area contributed by atoms with Crippen LogP contribution < -0.4 is 4.74 Å². The fourth-order valence-corrected chi connectivity index (χ4v) is 3.44. The second kappa shape index (κ2) is 9.83. The first kappa shape index (κ1) is 21.2. The Bertz CT molecular complexity index is 1230. The van der Waals surface area contributed by atoms with Crippen LogP contribution in [0, 0.1) is 6.92 Å². The summed E-state index contributed by atoms with van der Waals surface area (Å²) in [6.45, 7) is 2.75. The standard InChI is InChI=1S/C26H24N2O4/c1-19-7-9-21(10-8-19)17-31-23-11-12-25-24(13-23)22(14-27-32-18-26(29)30)16-28(25)15-20-5-3-2-4-6-20/h2-14,16H,15,17-18H2,1H3,(H,29,30). The molecular weight excluding hydrogens is 404 g/mol. The van der Waals surface area contributed by atoms with Gasteiger partial charge in [-0.25, -0.2) is 4.79 Å². The third-order valence-electron chi connectivity index (χ3n) is 5.06. The smallest absolute Gasteiger partial charge is 0.344 e. The summed E-state index contributed by atoms with van der Waals surface area (Å²) in [4.78, 5) is 15.5. The van der Waals surface area contributed by atoms with Crippen molar-refractivity contribution in [2.24, 2.45) is 5.16 Å². The van der Waals surface area contributed by atoms with Crippen LogP contribution in [-0.2, 0) is 22.8 Å². The summed E-state index contributed by atoms with van der Waals surface area (Å²) in [7, 11) is 0. The Kier molecular flexibility index (Phi) is 6.51. The molecule has 1 heterocycles. The molecular formula is C26H24N2O4. The number of benzene rings is 3. The van der Waals surface area contributed by atoms with Gasteiger partial charge >= 0.3 is 5.97 Å². The Morgan fingerprint density at radius 2 is 1.81 bits per heavy atom. The Morgan fingerprint density at radius 3 is 2.56 bits per heavy atom. The van der Waals surface area contributed by atoms with E-state index in [2.05, 4.69) is 53.0 Å². The summed E-state index contributed by atoms with van der Waals surface area (Å²) < 4.78 is 8.15. The van der Waals surface area contributed by atoms with E-state index in [4.69, 9.17) is 14.7 Å². The molecule has 0 fully saturated rings. The number of carboxylic acids is 1. The SMILES string of the molecule is Cc1ccc(COc2ccc3c(c2)c(C=NOCC(=O)O)cn3Cc2ccccc2)cc1. The average Bonchev–Trinajstić information content (AvgIpc) is 3.13. The lowest BCUT2D eigenvalue weighted by molar-refractivity contribution is -0.142. The van der Waals surface area contributed by atoms with Gasteiger partial charge in [0, 0.05) is 29.2 Å². The minimum atomic E-state index is -1.07. The zero-order valence-corrected chi connectivity index (χ0v) is 17.8. The molecule has 162 valence electrons. The highest BCUT2D eigenvalue weighted by Gasteiger charge is 2.10. The number of oxime groups is 1. The van der Waals surface area contributed by atoms with Gasteiger partial charge in [-0.05, 0) is 36.2 Å². The first-order valence-corrected chi connectivity index (χ1v) is 10.3. The predicted molar refractivity (Wildman–Crippen MR) is 124 cm³/mol. The lowest BCUT2D eigenvalue weighted by Gasteiger charge is -2.09. The van der Waals surface area contributed by atoms with E-state index >= 15 is 0 Å². The Hall–Kier alpha value is -4.06. The zero-order valence-electron chi connectivity index (χ0n) is 17.8. The Labute approximate surface area is 186 Å². The van der Waals surface area contributed by atoms with Gasteiger partial charge in [-0.2, -0.15) is 0 Å². The van der Waals surface area contributed by atoms with Gasteiger partial charge in [-0.3, -0.25) is 0 Å². The molecule has 6 heteroatoms. The summed E-state index contributed by atoms with van der Waals surface area (Å²) in [5.41, 5.74) is 5.33. The molecule has 6 nitrogen and oxygen atoms in total. The molecule has 0 aliphatic carbocycles. The number of aryl methyl sites for hydroxylation is 1. The van der Waals surface area contributed by atoms with E-state index in [0.717, 1.165) is 27.8 Å². The van der Waals surface area contributed by atoms with Crippen LogP contribution in [0.5, 0.6) is 5.75 Å². The normalized spacial score (nSPS) is 11.2. The van der Waals surface area contributed by atoms with Crippen LogP contribution in [0.25, 0.3) is 10.9 Å². The van der Waals surface area contributed by atoms with Crippen molar-refractivity contribution in [2.75, 3.05) is 6.61 Å². The van der Waals surface area contributed by atoms with Crippen molar-refractivity contribution in [1.82, 2.24) is 4.57 Å². The largest absolute Gasteiger partial charge is 0.489 e. The molecule has 3 aromatic carbocycles. The highest BCUT2D eigenvalue weighted by Crippen LogP contribution is 2.27. The van der Waals surface area contributed by atoms with Gasteiger partial charge in [0.25, 0.3) is 0 Å². The van der Waals surface area contributed by atoms with Gasteiger partial charge in [0.2, 0.25) is 6.61 Å². The second-order valence-electron chi connectivity index (χ2n) is 7.55. The van der Waals surface area contributed by atoms with Gasteiger partial charge in [0.05, 0.1) is 6.21 Å². The van der Waals surface area contributed by atoms with Crippen molar-refractivity contribution >= 4 is 23.1 Å². The maximum atomic E-state index is 10.7. The molecule has 0 amide bonds. The summed E-state index contributed by atoms with van der Waals surface area (Å²) in [5.74, 6) is -0.322. The maximum absolute atomic E-state index is 10.7. The Balaban J connectivity index is 1.61. The van der Waals surface area contributed by atoms with Crippen LogP contribution in [0.4, 0.5) is 0 Å². The van der Waals surface area contributed by atoms with Gasteiger partial charge in [0.1, 0.15) is 12.4 Å². The van der Waals surface area contributed by atoms with E-state index in [0.29, 0.717) is 13.2 Å². The lowest BCUT2D eigenvalue weighted by atomic mass is 10.1. The quantitative estimate of drug-likeness (QED) is 0.300. The van der Waals surface area contributed by atoms with E-state index in [1.54, 1.807) is 0 Å². The molecule has 32 heavy (non-hydrogen) atoms. The van der Waals surface area contributed by atoms with E-state index in [9.17, 15) is 4.79 Å². The lowest BCUT2D eigenvalue weighted by Crippen LogP contribution is -2.03. The molecule has 0 saturated carbocycles. The van der Waals surface area contributed by atoms with Crippen LogP contribution in [0.2, 0.25) is 0 Å². The van der Waals surface area contributed by atoms with Crippen molar-refractivity contribution in [3.8, 4) is 5.75 Å². The van der Waals surface area contributed by atoms with Crippen molar-refractivity contribution in [3.63, 3.8) is 0 Å². The van der Waals surface area contributed by atoms with Crippen molar-refractivity contribution in [1.29, 1.82) is 0 Å². The topological polar surface area (TPSA) is 73.1 Å². The summed E-state index contributed by atoms with van der Waals surface area (Å²) >= 11 is 0. The van der Waals surface area contributed by atoms with Crippen LogP contribution >= 0.6 is 0 Å². The molecule has 0 aliphatic heterocycles. The number of hydrogen-bond donors (Lipinski definition) is 1. The Morgan fingerprint density at radius 1 is 1.03 bits per heavy atom. The second-order valence-corrected chi connectivity index (χ2v) is 7.55. The zero-order chi connectivity index (χ0) is 22.3. The van der Waals surface area contributed by atoms with Gasteiger partial charge < -0.3 is 19.2 Å². The van der Waals surface area contributed by atoms with E-state index in [1.807, 2.05) is 42.6 Å². The molecule has 0 radical (unpaired) electrons. The molecule has 4 aromatic rings. The van der Waals surface area contributed by atoms with Crippen LogP contribution in [-0.4, -0.2) is 28.5 Å². The molecule has 1 aromatic heterocycles. The maximum Gasteiger partial charge on any atom is 0.344 e. The van der Waals surface area contributed by atoms with Crippen molar-refractivity contribution in [3.05, 3.63) is 101 Å². The minimum absolute atomic E-state index is 0.474. The molecule has 0 atom stereocenters. The molecule has 0 saturated heterocycles. The predicted octanol–water partition coefficient (Wildman–Crippen LogP) is 5.01. The van der Waals surface area contributed by atoms with Crippen LogP contribution in [0.1, 0.15) is 22.3 Å². The number of carboxylic acid groups (broad SMARTS) is 1. The number of carbonyl (C=O) groups is 1. The molecule has 4 rings (SSSR count). The van der Waals surface area contributed by atoms with Gasteiger partial charge in [0.15, 0.2) is 0 Å². The van der Waals surface area contributed by atoms with Gasteiger partial charge in [-0.1, -0.05) is 65.3 Å². The highest BCUT2D eigenvalue weighted by atomic mass is 16.6. The highest BCUT2D eigenvalue weighted by molar-refractivity contribution is 6.00. The molecule has 1 N–H and O–H groups in total. The molecule has 0 aliphatic rings.